The number of hydrogen-bond acceptors (Lipinski definition) is 4. The van der Waals surface area contributed by atoms with Crippen LogP contribution >= 0.6 is 0 Å². The number of aryl methyl sites for hydroxylation is 1. The van der Waals surface area contributed by atoms with Crippen LogP contribution in [0.2, 0.25) is 0 Å². The van der Waals surface area contributed by atoms with Crippen molar-refractivity contribution in [3.8, 4) is 0 Å². The number of sulfonamides is 1. The Labute approximate surface area is 199 Å². The van der Waals surface area contributed by atoms with Crippen molar-refractivity contribution in [1.82, 2.24) is 0 Å². The number of carbonyl (C=O) groups is 1. The fourth-order valence-electron chi connectivity index (χ4n) is 4.72. The van der Waals surface area contributed by atoms with E-state index in [1.165, 1.54) is 28.6 Å². The van der Waals surface area contributed by atoms with E-state index >= 15 is 0 Å². The summed E-state index contributed by atoms with van der Waals surface area (Å²) in [6, 6.07) is 18.1. The van der Waals surface area contributed by atoms with Gasteiger partial charge in [0, 0.05) is 25.2 Å². The Kier molecular flexibility index (Phi) is 6.00. The van der Waals surface area contributed by atoms with Crippen molar-refractivity contribution in [2.75, 3.05) is 34.2 Å². The van der Waals surface area contributed by atoms with Crippen LogP contribution in [0.5, 0.6) is 0 Å². The molecule has 0 aromatic heterocycles. The quantitative estimate of drug-likeness (QED) is 0.570. The summed E-state index contributed by atoms with van der Waals surface area (Å²) < 4.78 is 43.1. The van der Waals surface area contributed by atoms with Crippen LogP contribution in [-0.4, -0.2) is 34.0 Å². The predicted octanol–water partition coefficient (Wildman–Crippen LogP) is 4.82. The lowest BCUT2D eigenvalue weighted by Gasteiger charge is -2.30. The van der Waals surface area contributed by atoms with Crippen molar-refractivity contribution in [2.24, 2.45) is 0 Å². The van der Waals surface area contributed by atoms with Crippen LogP contribution in [-0.2, 0) is 16.4 Å². The van der Waals surface area contributed by atoms with Crippen molar-refractivity contribution in [1.29, 1.82) is 0 Å². The molecule has 0 unspecified atom stereocenters. The van der Waals surface area contributed by atoms with E-state index in [9.17, 15) is 17.6 Å². The number of benzene rings is 3. The lowest BCUT2D eigenvalue weighted by molar-refractivity contribution is 0.102. The van der Waals surface area contributed by atoms with Crippen molar-refractivity contribution < 1.29 is 17.6 Å². The molecular formula is C26H26FN3O3S. The third kappa shape index (κ3) is 4.14. The first-order valence-electron chi connectivity index (χ1n) is 11.5. The van der Waals surface area contributed by atoms with Crippen LogP contribution in [0.3, 0.4) is 0 Å². The first-order valence-corrected chi connectivity index (χ1v) is 12.9. The molecule has 0 radical (unpaired) electrons. The third-order valence-electron chi connectivity index (χ3n) is 6.43. The third-order valence-corrected chi connectivity index (χ3v) is 8.24. The summed E-state index contributed by atoms with van der Waals surface area (Å²) >= 11 is 0. The molecule has 1 fully saturated rings. The van der Waals surface area contributed by atoms with Gasteiger partial charge in [-0.05, 0) is 67.6 Å². The van der Waals surface area contributed by atoms with E-state index in [1.54, 1.807) is 24.3 Å². The topological polar surface area (TPSA) is 69.7 Å². The predicted molar refractivity (Wildman–Crippen MR) is 132 cm³/mol. The molecular weight excluding hydrogens is 453 g/mol. The van der Waals surface area contributed by atoms with Gasteiger partial charge in [-0.15, -0.1) is 0 Å². The number of hydrogen-bond donors (Lipinski definition) is 1. The van der Waals surface area contributed by atoms with Crippen LogP contribution in [0, 0.1) is 5.82 Å². The normalized spacial score (nSPS) is 15.8. The maximum atomic E-state index is 14.7. The Morgan fingerprint density at radius 2 is 1.59 bits per heavy atom. The van der Waals surface area contributed by atoms with Gasteiger partial charge in [-0.25, -0.2) is 12.8 Å². The van der Waals surface area contributed by atoms with E-state index in [-0.39, 0.29) is 16.1 Å². The average molecular weight is 480 g/mol. The number of fused-ring (bicyclic) bond motifs is 1. The molecule has 0 saturated carbocycles. The van der Waals surface area contributed by atoms with Crippen LogP contribution in [0.1, 0.15) is 35.2 Å². The Hall–Kier alpha value is -3.39. The summed E-state index contributed by atoms with van der Waals surface area (Å²) in [5, 5.41) is 2.68. The number of amides is 1. The summed E-state index contributed by atoms with van der Waals surface area (Å²) in [5.41, 5.74) is 2.57. The Bertz CT molecular complexity index is 1340. The second-order valence-corrected chi connectivity index (χ2v) is 10.5. The van der Waals surface area contributed by atoms with Crippen LogP contribution in [0.25, 0.3) is 0 Å². The molecule has 0 bridgehead atoms. The lowest BCUT2D eigenvalue weighted by atomic mass is 10.0. The molecule has 8 heteroatoms. The van der Waals surface area contributed by atoms with E-state index in [2.05, 4.69) is 5.32 Å². The minimum Gasteiger partial charge on any atom is -0.370 e. The second kappa shape index (κ2) is 9.10. The maximum absolute atomic E-state index is 14.7. The molecule has 34 heavy (non-hydrogen) atoms. The molecule has 2 aliphatic heterocycles. The Morgan fingerprint density at radius 1 is 0.853 bits per heavy atom. The van der Waals surface area contributed by atoms with Crippen LogP contribution < -0.4 is 14.5 Å². The standard InChI is InChI=1S/C26H26FN3O3S/c27-22-12-6-14-24(29-15-3-4-16-29)25(22)28-26(31)20-9-5-11-21(18-20)34(32,33)30-17-7-10-19-8-1-2-13-23(19)30/h1-2,5-6,8-9,11-14,18H,3-4,7,10,15-17H2,(H,28,31). The van der Waals surface area contributed by atoms with E-state index in [4.69, 9.17) is 0 Å². The number of para-hydroxylation sites is 2. The first kappa shape index (κ1) is 22.4. The Morgan fingerprint density at radius 3 is 2.41 bits per heavy atom. The SMILES string of the molecule is O=C(Nc1c(F)cccc1N1CCCC1)c1cccc(S(=O)(=O)N2CCCc3ccccc32)c1. The summed E-state index contributed by atoms with van der Waals surface area (Å²) in [7, 11) is -3.86. The van der Waals surface area contributed by atoms with Gasteiger partial charge in [0.1, 0.15) is 11.5 Å². The van der Waals surface area contributed by atoms with Gasteiger partial charge < -0.3 is 10.2 Å². The smallest absolute Gasteiger partial charge is 0.264 e. The summed E-state index contributed by atoms with van der Waals surface area (Å²) in [4.78, 5) is 15.2. The zero-order chi connectivity index (χ0) is 23.7. The Balaban J connectivity index is 1.44. The summed E-state index contributed by atoms with van der Waals surface area (Å²) in [6.45, 7) is 1.99. The van der Waals surface area contributed by atoms with Gasteiger partial charge in [-0.1, -0.05) is 30.3 Å². The molecule has 176 valence electrons. The molecule has 0 spiro atoms. The molecule has 1 N–H and O–H groups in total. The average Bonchev–Trinajstić information content (AvgIpc) is 3.40. The van der Waals surface area contributed by atoms with Gasteiger partial charge in [-0.3, -0.25) is 9.10 Å². The molecule has 5 rings (SSSR count). The van der Waals surface area contributed by atoms with Crippen molar-refractivity contribution in [2.45, 2.75) is 30.6 Å². The highest BCUT2D eigenvalue weighted by Crippen LogP contribution is 2.33. The lowest BCUT2D eigenvalue weighted by Crippen LogP contribution is -2.35. The number of nitrogens with zero attached hydrogens (tertiary/aromatic N) is 2. The second-order valence-electron chi connectivity index (χ2n) is 8.62. The monoisotopic (exact) mass is 479 g/mol. The summed E-state index contributed by atoms with van der Waals surface area (Å²) in [6.07, 6.45) is 3.59. The highest BCUT2D eigenvalue weighted by molar-refractivity contribution is 7.92. The fourth-order valence-corrected chi connectivity index (χ4v) is 6.30. The van der Waals surface area contributed by atoms with Gasteiger partial charge >= 0.3 is 0 Å². The zero-order valence-corrected chi connectivity index (χ0v) is 19.5. The molecule has 2 aliphatic rings. The van der Waals surface area contributed by atoms with Crippen LogP contribution in [0.15, 0.2) is 71.6 Å². The minimum atomic E-state index is -3.86. The van der Waals surface area contributed by atoms with Crippen molar-refractivity contribution in [3.05, 3.63) is 83.7 Å². The largest absolute Gasteiger partial charge is 0.370 e. The van der Waals surface area contributed by atoms with E-state index in [1.807, 2.05) is 23.1 Å². The first-order chi connectivity index (χ1) is 16.4. The molecule has 3 aromatic rings. The van der Waals surface area contributed by atoms with Gasteiger partial charge in [0.15, 0.2) is 0 Å². The number of anilines is 3. The minimum absolute atomic E-state index is 0.0325. The number of nitrogens with one attached hydrogen (secondary N) is 1. The molecule has 0 aliphatic carbocycles. The number of carbonyl (C=O) groups excluding carboxylic acids is 1. The molecule has 2 heterocycles. The van der Waals surface area contributed by atoms with E-state index in [0.717, 1.165) is 44.3 Å². The van der Waals surface area contributed by atoms with Gasteiger partial charge in [0.25, 0.3) is 15.9 Å². The van der Waals surface area contributed by atoms with E-state index < -0.39 is 21.7 Å². The highest BCUT2D eigenvalue weighted by Gasteiger charge is 2.29. The van der Waals surface area contributed by atoms with Crippen molar-refractivity contribution in [3.63, 3.8) is 0 Å². The van der Waals surface area contributed by atoms with E-state index in [0.29, 0.717) is 17.9 Å². The molecule has 3 aromatic carbocycles. The molecule has 1 amide bonds. The number of rotatable bonds is 5. The highest BCUT2D eigenvalue weighted by atomic mass is 32.2. The fraction of sp³-hybridized carbons (Fsp3) is 0.269. The summed E-state index contributed by atoms with van der Waals surface area (Å²) in [5.74, 6) is -1.08. The zero-order valence-electron chi connectivity index (χ0n) is 18.7. The van der Waals surface area contributed by atoms with Crippen LogP contribution in [0.4, 0.5) is 21.5 Å². The maximum Gasteiger partial charge on any atom is 0.264 e. The van der Waals surface area contributed by atoms with Gasteiger partial charge in [-0.2, -0.15) is 0 Å². The van der Waals surface area contributed by atoms with Gasteiger partial charge in [0.05, 0.1) is 16.3 Å². The molecule has 0 atom stereocenters. The van der Waals surface area contributed by atoms with Gasteiger partial charge in [0.2, 0.25) is 0 Å². The number of halogens is 1. The molecule has 1 saturated heterocycles. The molecule has 6 nitrogen and oxygen atoms in total. The van der Waals surface area contributed by atoms with Crippen molar-refractivity contribution >= 4 is 33.0 Å².